The quantitative estimate of drug-likeness (QED) is 0.324. The van der Waals surface area contributed by atoms with E-state index in [1.165, 1.54) is 0 Å². The number of pyridine rings is 1. The van der Waals surface area contributed by atoms with Crippen LogP contribution in [0.1, 0.15) is 32.6 Å². The third kappa shape index (κ3) is 2.56. The number of methoxy groups -OCH3 is 1. The van der Waals surface area contributed by atoms with E-state index in [0.717, 1.165) is 10.9 Å². The highest BCUT2D eigenvalue weighted by Crippen LogP contribution is 2.41. The summed E-state index contributed by atoms with van der Waals surface area (Å²) in [5, 5.41) is 4.46. The molecule has 0 radical (unpaired) electrons. The van der Waals surface area contributed by atoms with Crippen molar-refractivity contribution in [2.75, 3.05) is 13.7 Å². The summed E-state index contributed by atoms with van der Waals surface area (Å²) < 4.78 is 14.2. The molecule has 4 heterocycles. The van der Waals surface area contributed by atoms with Gasteiger partial charge in [0.2, 0.25) is 0 Å². The molecule has 5 aromatic rings. The summed E-state index contributed by atoms with van der Waals surface area (Å²) in [4.78, 5) is 39.5. The summed E-state index contributed by atoms with van der Waals surface area (Å²) in [5.74, 6) is -0.326. The Morgan fingerprint density at radius 1 is 1.03 bits per heavy atom. The van der Waals surface area contributed by atoms with E-state index >= 15 is 0 Å². The first-order valence-electron chi connectivity index (χ1n) is 10.7. The zero-order chi connectivity index (χ0) is 23.7. The maximum absolute atomic E-state index is 13.5. The third-order valence-electron chi connectivity index (χ3n) is 6.20. The number of allylic oxidation sites excluding steroid dienone is 1. The van der Waals surface area contributed by atoms with Crippen molar-refractivity contribution in [1.82, 2.24) is 14.3 Å². The summed E-state index contributed by atoms with van der Waals surface area (Å²) in [6.45, 7) is 5.15. The third-order valence-corrected chi connectivity index (χ3v) is 6.20. The van der Waals surface area contributed by atoms with Crippen LogP contribution >= 0.6 is 0 Å². The molecule has 0 bridgehead atoms. The average molecular weight is 453 g/mol. The van der Waals surface area contributed by atoms with Crippen molar-refractivity contribution >= 4 is 55.9 Å². The Bertz CT molecular complexity index is 1760. The van der Waals surface area contributed by atoms with Gasteiger partial charge in [0.25, 0.3) is 17.7 Å². The number of para-hydroxylation sites is 1. The molecular weight excluding hydrogens is 434 g/mol. The van der Waals surface area contributed by atoms with Gasteiger partial charge in [-0.25, -0.2) is 0 Å². The number of imide groups is 1. The summed E-state index contributed by atoms with van der Waals surface area (Å²) in [5.41, 5.74) is 3.00. The van der Waals surface area contributed by atoms with E-state index in [1.54, 1.807) is 41.2 Å². The van der Waals surface area contributed by atoms with E-state index in [1.807, 2.05) is 30.3 Å². The van der Waals surface area contributed by atoms with Gasteiger partial charge in [-0.05, 0) is 37.3 Å². The van der Waals surface area contributed by atoms with Crippen LogP contribution in [-0.4, -0.2) is 40.4 Å². The van der Waals surface area contributed by atoms with Gasteiger partial charge in [-0.15, -0.1) is 0 Å². The zero-order valence-corrected chi connectivity index (χ0v) is 18.5. The molecule has 8 nitrogen and oxygen atoms in total. The van der Waals surface area contributed by atoms with Gasteiger partial charge in [-0.2, -0.15) is 0 Å². The highest BCUT2D eigenvalue weighted by molar-refractivity contribution is 6.33. The van der Waals surface area contributed by atoms with Crippen LogP contribution in [0.5, 0.6) is 5.75 Å². The zero-order valence-electron chi connectivity index (χ0n) is 18.5. The molecule has 34 heavy (non-hydrogen) atoms. The summed E-state index contributed by atoms with van der Waals surface area (Å²) in [6, 6.07) is 14.8. The first kappa shape index (κ1) is 20.0. The average Bonchev–Trinajstić information content (AvgIpc) is 3.46. The number of hydrogen-bond donors (Lipinski definition) is 1. The van der Waals surface area contributed by atoms with Crippen LogP contribution in [0.2, 0.25) is 0 Å². The molecule has 1 aliphatic rings. The van der Waals surface area contributed by atoms with Crippen LogP contribution in [0, 0.1) is 0 Å². The Balaban J connectivity index is 1.88. The number of nitrogens with zero attached hydrogens (tertiary/aromatic N) is 2. The number of benzene rings is 2. The number of amides is 2. The fourth-order valence-electron chi connectivity index (χ4n) is 4.86. The minimum absolute atomic E-state index is 0.227. The summed E-state index contributed by atoms with van der Waals surface area (Å²) >= 11 is 0. The second-order valence-electron chi connectivity index (χ2n) is 8.26. The van der Waals surface area contributed by atoms with Gasteiger partial charge >= 0.3 is 0 Å². The molecule has 8 heteroatoms. The Kier molecular flexibility index (Phi) is 4.10. The second kappa shape index (κ2) is 6.95. The number of ether oxygens (including phenoxy) is 2. The maximum atomic E-state index is 13.5. The number of aromatic nitrogens is 2. The Morgan fingerprint density at radius 3 is 2.59 bits per heavy atom. The number of carbonyl (C=O) groups is 3. The number of nitrogens with one attached hydrogen (secondary N) is 1. The van der Waals surface area contributed by atoms with Crippen molar-refractivity contribution in [2.45, 2.75) is 6.92 Å². The molecule has 0 saturated carbocycles. The Hall–Kier alpha value is -4.59. The molecule has 2 amide bonds. The topological polar surface area (TPSA) is 91.0 Å². The highest BCUT2D eigenvalue weighted by Gasteiger charge is 2.36. The van der Waals surface area contributed by atoms with Gasteiger partial charge in [0.05, 0.1) is 40.5 Å². The molecule has 1 aliphatic heterocycles. The van der Waals surface area contributed by atoms with Gasteiger partial charge < -0.3 is 13.9 Å². The number of rotatable bonds is 4. The lowest BCUT2D eigenvalue weighted by molar-refractivity contribution is 0.0788. The molecule has 0 atom stereocenters. The van der Waals surface area contributed by atoms with E-state index in [2.05, 4.69) is 11.9 Å². The first-order chi connectivity index (χ1) is 16.4. The minimum Gasteiger partial charge on any atom is -0.497 e. The van der Waals surface area contributed by atoms with E-state index in [-0.39, 0.29) is 23.8 Å². The molecule has 3 aromatic heterocycles. The molecule has 6 rings (SSSR count). The number of carbonyl (C=O) groups excluding carboxylic acids is 3. The van der Waals surface area contributed by atoms with Crippen molar-refractivity contribution in [3.8, 4) is 5.75 Å². The normalized spacial score (nSPS) is 13.1. The van der Waals surface area contributed by atoms with Crippen LogP contribution in [0.15, 0.2) is 60.9 Å². The lowest BCUT2D eigenvalue weighted by atomic mass is 10.1. The van der Waals surface area contributed by atoms with Crippen LogP contribution in [0.25, 0.3) is 38.2 Å². The molecule has 2 aromatic carbocycles. The summed E-state index contributed by atoms with van der Waals surface area (Å²) in [7, 11) is 1.55. The molecule has 0 aliphatic carbocycles. The van der Waals surface area contributed by atoms with E-state index in [4.69, 9.17) is 9.47 Å². The second-order valence-corrected chi connectivity index (χ2v) is 8.26. The largest absolute Gasteiger partial charge is 0.497 e. The van der Waals surface area contributed by atoms with Crippen LogP contribution < -0.4 is 10.1 Å². The lowest BCUT2D eigenvalue weighted by Gasteiger charge is -2.11. The summed E-state index contributed by atoms with van der Waals surface area (Å²) in [6.07, 6.45) is 0. The SMILES string of the molecule is C=C(C)OCC(=O)n1c2ccc(OC)cc2c2c3c(n4c5ccccc5cc4c21)C(=O)NC3=O. The molecule has 1 N–H and O–H groups in total. The molecule has 0 fully saturated rings. The highest BCUT2D eigenvalue weighted by atomic mass is 16.5. The molecule has 168 valence electrons. The van der Waals surface area contributed by atoms with Gasteiger partial charge in [0.15, 0.2) is 6.61 Å². The predicted molar refractivity (Wildman–Crippen MR) is 128 cm³/mol. The van der Waals surface area contributed by atoms with E-state index < -0.39 is 11.8 Å². The smallest absolute Gasteiger partial charge is 0.275 e. The van der Waals surface area contributed by atoms with Crippen molar-refractivity contribution in [3.63, 3.8) is 0 Å². The Labute approximate surface area is 192 Å². The standard InChI is InChI=1S/C26H19N3O5/c1-13(2)34-12-20(30)29-18-9-8-15(33-3)11-16(18)21-22-24(26(32)27-25(22)31)28-17-7-5-4-6-14(17)10-19(28)23(21)29/h4-11H,1,12H2,2-3H3,(H,27,31,32). The van der Waals surface area contributed by atoms with E-state index in [0.29, 0.717) is 38.8 Å². The fraction of sp³-hybridized carbons (Fsp3) is 0.115. The molecule has 0 saturated heterocycles. The van der Waals surface area contributed by atoms with Crippen molar-refractivity contribution in [3.05, 3.63) is 72.1 Å². The van der Waals surface area contributed by atoms with Gasteiger partial charge in [0, 0.05) is 16.2 Å². The van der Waals surface area contributed by atoms with Crippen molar-refractivity contribution in [2.24, 2.45) is 0 Å². The van der Waals surface area contributed by atoms with Gasteiger partial charge in [-0.1, -0.05) is 24.8 Å². The van der Waals surface area contributed by atoms with Crippen LogP contribution in [-0.2, 0) is 4.74 Å². The predicted octanol–water partition coefficient (Wildman–Crippen LogP) is 4.28. The van der Waals surface area contributed by atoms with Crippen LogP contribution in [0.4, 0.5) is 0 Å². The molecule has 0 unspecified atom stereocenters. The van der Waals surface area contributed by atoms with Crippen LogP contribution in [0.3, 0.4) is 0 Å². The monoisotopic (exact) mass is 453 g/mol. The van der Waals surface area contributed by atoms with Crippen molar-refractivity contribution < 1.29 is 23.9 Å². The number of hydrogen-bond acceptors (Lipinski definition) is 5. The minimum atomic E-state index is -0.503. The van der Waals surface area contributed by atoms with E-state index in [9.17, 15) is 14.4 Å². The lowest BCUT2D eigenvalue weighted by Crippen LogP contribution is -2.20. The Morgan fingerprint density at radius 2 is 1.82 bits per heavy atom. The number of fused-ring (bicyclic) bond motifs is 10. The first-order valence-corrected chi connectivity index (χ1v) is 10.7. The van der Waals surface area contributed by atoms with Gasteiger partial charge in [0.1, 0.15) is 11.4 Å². The van der Waals surface area contributed by atoms with Crippen molar-refractivity contribution in [1.29, 1.82) is 0 Å². The van der Waals surface area contributed by atoms with Gasteiger partial charge in [-0.3, -0.25) is 24.3 Å². The molecule has 0 spiro atoms. The maximum Gasteiger partial charge on any atom is 0.275 e. The molecular formula is C26H19N3O5. The fourth-order valence-corrected chi connectivity index (χ4v) is 4.86.